The first kappa shape index (κ1) is 16.1. The molecule has 118 valence electrons. The van der Waals surface area contributed by atoms with Crippen LogP contribution in [0.25, 0.3) is 0 Å². The van der Waals surface area contributed by atoms with Crippen LogP contribution >= 0.6 is 0 Å². The van der Waals surface area contributed by atoms with E-state index < -0.39 is 0 Å². The van der Waals surface area contributed by atoms with Gasteiger partial charge in [-0.3, -0.25) is 0 Å². The van der Waals surface area contributed by atoms with Crippen molar-refractivity contribution in [2.24, 2.45) is 0 Å². The Hall–Kier alpha value is -1.30. The zero-order chi connectivity index (χ0) is 14.8. The Bertz CT molecular complexity index is 411. The fraction of sp³-hybridized carbons (Fsp3) is 0.625. The molecule has 0 radical (unpaired) electrons. The van der Waals surface area contributed by atoms with Crippen molar-refractivity contribution in [3.05, 3.63) is 23.8 Å². The largest absolute Gasteiger partial charge is 0.489 e. The molecule has 0 amide bonds. The predicted octanol–water partition coefficient (Wildman–Crippen LogP) is 2.10. The van der Waals surface area contributed by atoms with Crippen molar-refractivity contribution in [2.75, 3.05) is 58.6 Å². The van der Waals surface area contributed by atoms with E-state index in [1.807, 2.05) is 12.1 Å². The number of ether oxygens (including phenoxy) is 4. The fourth-order valence-corrected chi connectivity index (χ4v) is 2.27. The van der Waals surface area contributed by atoms with Gasteiger partial charge < -0.3 is 24.3 Å². The van der Waals surface area contributed by atoms with E-state index in [0.717, 1.165) is 24.4 Å². The molecule has 0 aliphatic carbocycles. The van der Waals surface area contributed by atoms with Gasteiger partial charge in [0.1, 0.15) is 12.4 Å². The lowest BCUT2D eigenvalue weighted by molar-refractivity contribution is 0.0180. The summed E-state index contributed by atoms with van der Waals surface area (Å²) in [4.78, 5) is 0. The average molecular weight is 295 g/mol. The highest BCUT2D eigenvalue weighted by atomic mass is 16.6. The van der Waals surface area contributed by atoms with Gasteiger partial charge in [-0.25, -0.2) is 0 Å². The molecule has 1 N–H and O–H groups in total. The Morgan fingerprint density at radius 2 is 1.76 bits per heavy atom. The van der Waals surface area contributed by atoms with Gasteiger partial charge in [0.15, 0.2) is 0 Å². The highest BCUT2D eigenvalue weighted by molar-refractivity contribution is 5.63. The number of benzene rings is 1. The number of methoxy groups -OCH3 is 1. The molecule has 5 heteroatoms. The second-order valence-electron chi connectivity index (χ2n) is 4.89. The van der Waals surface area contributed by atoms with Crippen LogP contribution in [-0.2, 0) is 20.6 Å². The highest BCUT2D eigenvalue weighted by Gasteiger charge is 2.12. The van der Waals surface area contributed by atoms with Crippen LogP contribution in [0.5, 0.6) is 5.75 Å². The first-order valence-corrected chi connectivity index (χ1v) is 7.55. The molecule has 0 spiro atoms. The Labute approximate surface area is 126 Å². The van der Waals surface area contributed by atoms with E-state index in [-0.39, 0.29) is 0 Å². The van der Waals surface area contributed by atoms with E-state index in [2.05, 4.69) is 11.4 Å². The van der Waals surface area contributed by atoms with Gasteiger partial charge >= 0.3 is 0 Å². The van der Waals surface area contributed by atoms with Crippen molar-refractivity contribution in [1.29, 1.82) is 0 Å². The molecular formula is C16H25NO4. The summed E-state index contributed by atoms with van der Waals surface area (Å²) in [5, 5.41) is 3.41. The molecule has 0 saturated heterocycles. The number of nitrogens with one attached hydrogen (secondary N) is 1. The topological polar surface area (TPSA) is 49.0 Å². The van der Waals surface area contributed by atoms with Crippen molar-refractivity contribution in [3.63, 3.8) is 0 Å². The second kappa shape index (κ2) is 9.60. The van der Waals surface area contributed by atoms with Crippen LogP contribution in [0.15, 0.2) is 18.2 Å². The maximum Gasteiger partial charge on any atom is 0.142 e. The van der Waals surface area contributed by atoms with Crippen molar-refractivity contribution >= 4 is 5.69 Å². The molecule has 21 heavy (non-hydrogen) atoms. The second-order valence-corrected chi connectivity index (χ2v) is 4.89. The minimum Gasteiger partial charge on any atom is -0.489 e. The first-order valence-electron chi connectivity index (χ1n) is 7.55. The van der Waals surface area contributed by atoms with E-state index in [1.165, 1.54) is 12.0 Å². The average Bonchev–Trinajstić information content (AvgIpc) is 2.53. The number of hydrogen-bond acceptors (Lipinski definition) is 5. The minimum absolute atomic E-state index is 0.552. The zero-order valence-electron chi connectivity index (χ0n) is 12.7. The van der Waals surface area contributed by atoms with Gasteiger partial charge in [0.2, 0.25) is 0 Å². The molecule has 0 atom stereocenters. The predicted molar refractivity (Wildman–Crippen MR) is 82.3 cm³/mol. The Kier molecular flexibility index (Phi) is 7.35. The molecule has 1 aliphatic rings. The molecule has 1 aliphatic heterocycles. The molecule has 2 rings (SSSR count). The van der Waals surface area contributed by atoms with E-state index >= 15 is 0 Å². The zero-order valence-corrected chi connectivity index (χ0v) is 12.7. The third kappa shape index (κ3) is 5.53. The Balaban J connectivity index is 1.59. The molecule has 0 aromatic heterocycles. The monoisotopic (exact) mass is 295 g/mol. The minimum atomic E-state index is 0.552. The van der Waals surface area contributed by atoms with Crippen LogP contribution in [0.2, 0.25) is 0 Å². The van der Waals surface area contributed by atoms with Crippen LogP contribution in [-0.4, -0.2) is 53.3 Å². The van der Waals surface area contributed by atoms with Crippen LogP contribution in [0.4, 0.5) is 5.69 Å². The summed E-state index contributed by atoms with van der Waals surface area (Å²) in [5.74, 6) is 0.923. The van der Waals surface area contributed by atoms with Gasteiger partial charge in [0, 0.05) is 13.7 Å². The van der Waals surface area contributed by atoms with Gasteiger partial charge in [0.05, 0.1) is 38.7 Å². The molecule has 1 heterocycles. The summed E-state index contributed by atoms with van der Waals surface area (Å²) < 4.78 is 21.5. The van der Waals surface area contributed by atoms with E-state index in [4.69, 9.17) is 18.9 Å². The lowest BCUT2D eigenvalue weighted by Gasteiger charge is -2.21. The number of rotatable bonds is 10. The summed E-state index contributed by atoms with van der Waals surface area (Å²) >= 11 is 0. The normalized spacial score (nSPS) is 13.6. The molecular weight excluding hydrogens is 270 g/mol. The fourth-order valence-electron chi connectivity index (χ4n) is 2.27. The standard InChI is InChI=1S/C16H25NO4/c1-18-8-9-19-10-11-20-12-13-21-15-6-2-4-14-5-3-7-17-16(14)15/h2,4,6,17H,3,5,7-13H2,1H3. The number of aryl methyl sites for hydroxylation is 1. The van der Waals surface area contributed by atoms with Crippen molar-refractivity contribution in [3.8, 4) is 5.75 Å². The number of hydrogen-bond donors (Lipinski definition) is 1. The number of fused-ring (bicyclic) bond motifs is 1. The molecule has 5 nitrogen and oxygen atoms in total. The summed E-state index contributed by atoms with van der Waals surface area (Å²) in [6, 6.07) is 6.21. The summed E-state index contributed by atoms with van der Waals surface area (Å²) in [6.07, 6.45) is 2.30. The Morgan fingerprint density at radius 3 is 2.57 bits per heavy atom. The number of para-hydroxylation sites is 1. The van der Waals surface area contributed by atoms with Crippen molar-refractivity contribution in [2.45, 2.75) is 12.8 Å². The van der Waals surface area contributed by atoms with E-state index in [1.54, 1.807) is 7.11 Å². The lowest BCUT2D eigenvalue weighted by atomic mass is 10.0. The van der Waals surface area contributed by atoms with Crippen LogP contribution in [0.1, 0.15) is 12.0 Å². The summed E-state index contributed by atoms with van der Waals surface area (Å²) in [6.45, 7) is 4.54. The third-order valence-corrected chi connectivity index (χ3v) is 3.33. The summed E-state index contributed by atoms with van der Waals surface area (Å²) in [7, 11) is 1.66. The van der Waals surface area contributed by atoms with Gasteiger partial charge in [0.25, 0.3) is 0 Å². The Morgan fingerprint density at radius 1 is 1.00 bits per heavy atom. The van der Waals surface area contributed by atoms with Gasteiger partial charge in [-0.2, -0.15) is 0 Å². The van der Waals surface area contributed by atoms with Crippen molar-refractivity contribution < 1.29 is 18.9 Å². The SMILES string of the molecule is COCCOCCOCCOc1cccc2c1NCCC2. The maximum atomic E-state index is 5.80. The van der Waals surface area contributed by atoms with Gasteiger partial charge in [-0.05, 0) is 24.5 Å². The molecule has 0 fully saturated rings. The van der Waals surface area contributed by atoms with E-state index in [9.17, 15) is 0 Å². The summed E-state index contributed by atoms with van der Waals surface area (Å²) in [5.41, 5.74) is 2.48. The quantitative estimate of drug-likeness (QED) is 0.670. The molecule has 1 aromatic rings. The smallest absolute Gasteiger partial charge is 0.142 e. The third-order valence-electron chi connectivity index (χ3n) is 3.33. The number of anilines is 1. The van der Waals surface area contributed by atoms with Crippen LogP contribution in [0.3, 0.4) is 0 Å². The molecule has 1 aromatic carbocycles. The first-order chi connectivity index (χ1) is 10.4. The van der Waals surface area contributed by atoms with Crippen molar-refractivity contribution in [1.82, 2.24) is 0 Å². The molecule has 0 bridgehead atoms. The maximum absolute atomic E-state index is 5.80. The molecule has 0 unspecified atom stereocenters. The lowest BCUT2D eigenvalue weighted by Crippen LogP contribution is -2.15. The van der Waals surface area contributed by atoms with E-state index in [0.29, 0.717) is 39.6 Å². The molecule has 0 saturated carbocycles. The van der Waals surface area contributed by atoms with Gasteiger partial charge in [-0.1, -0.05) is 12.1 Å². The van der Waals surface area contributed by atoms with Crippen LogP contribution < -0.4 is 10.1 Å². The highest BCUT2D eigenvalue weighted by Crippen LogP contribution is 2.31. The van der Waals surface area contributed by atoms with Gasteiger partial charge in [-0.15, -0.1) is 0 Å². The van der Waals surface area contributed by atoms with Crippen LogP contribution in [0, 0.1) is 0 Å².